The summed E-state index contributed by atoms with van der Waals surface area (Å²) in [5.74, 6) is 1.00. The van der Waals surface area contributed by atoms with Crippen LogP contribution < -0.4 is 19.9 Å². The van der Waals surface area contributed by atoms with Crippen molar-refractivity contribution in [2.45, 2.75) is 12.8 Å². The lowest BCUT2D eigenvalue weighted by atomic mass is 10.2. The number of nitrogens with one attached hydrogen (secondary N) is 1. The zero-order chi connectivity index (χ0) is 18.7. The monoisotopic (exact) mass is 354 g/mol. The van der Waals surface area contributed by atoms with Crippen LogP contribution in [0, 0.1) is 0 Å². The number of aromatic nitrogens is 1. The lowest BCUT2D eigenvalue weighted by Crippen LogP contribution is -2.24. The number of rotatable bonds is 5. The minimum atomic E-state index is -0.259. The molecule has 1 aromatic heterocycles. The van der Waals surface area contributed by atoms with Crippen LogP contribution in [0.2, 0.25) is 0 Å². The second kappa shape index (κ2) is 7.43. The van der Waals surface area contributed by atoms with Gasteiger partial charge in [0.05, 0.1) is 18.4 Å². The Kier molecular flexibility index (Phi) is 5.06. The van der Waals surface area contributed by atoms with Crippen LogP contribution in [0.3, 0.4) is 0 Å². The number of methoxy groups -OCH3 is 1. The molecule has 1 aliphatic heterocycles. The molecule has 1 fully saturated rings. The Bertz CT molecular complexity index is 835. The van der Waals surface area contributed by atoms with Gasteiger partial charge in [0.25, 0.3) is 5.91 Å². The molecule has 2 aromatic rings. The van der Waals surface area contributed by atoms with Crippen LogP contribution in [0.1, 0.15) is 23.2 Å². The number of carbonyl (C=O) groups excluding carboxylic acids is 2. The van der Waals surface area contributed by atoms with E-state index < -0.39 is 0 Å². The topological polar surface area (TPSA) is 74.8 Å². The smallest absolute Gasteiger partial charge is 0.259 e. The molecule has 3 rings (SSSR count). The maximum atomic E-state index is 12.7. The minimum Gasteiger partial charge on any atom is -0.495 e. The summed E-state index contributed by atoms with van der Waals surface area (Å²) in [6.07, 6.45) is 3.00. The van der Waals surface area contributed by atoms with Gasteiger partial charge >= 0.3 is 0 Å². The van der Waals surface area contributed by atoms with Crippen molar-refractivity contribution in [3.05, 3.63) is 42.1 Å². The quantitative estimate of drug-likeness (QED) is 0.893. The van der Waals surface area contributed by atoms with E-state index in [0.717, 1.165) is 6.42 Å². The molecule has 1 N–H and O–H groups in total. The second-order valence-corrected chi connectivity index (χ2v) is 6.26. The van der Waals surface area contributed by atoms with Gasteiger partial charge in [-0.1, -0.05) is 0 Å². The molecule has 0 unspecified atom stereocenters. The van der Waals surface area contributed by atoms with Gasteiger partial charge in [-0.25, -0.2) is 4.98 Å². The van der Waals surface area contributed by atoms with Crippen molar-refractivity contribution in [2.75, 3.05) is 42.9 Å². The first-order valence-corrected chi connectivity index (χ1v) is 8.43. The summed E-state index contributed by atoms with van der Waals surface area (Å²) >= 11 is 0. The number of pyridine rings is 1. The van der Waals surface area contributed by atoms with Crippen molar-refractivity contribution in [3.8, 4) is 5.75 Å². The summed E-state index contributed by atoms with van der Waals surface area (Å²) in [4.78, 5) is 32.5. The highest BCUT2D eigenvalue weighted by Crippen LogP contribution is 2.34. The first-order chi connectivity index (χ1) is 12.5. The Morgan fingerprint density at radius 3 is 2.77 bits per heavy atom. The third-order valence-electron chi connectivity index (χ3n) is 4.26. The summed E-state index contributed by atoms with van der Waals surface area (Å²) in [5, 5.41) is 2.88. The van der Waals surface area contributed by atoms with Crippen LogP contribution in [-0.4, -0.2) is 44.5 Å². The largest absolute Gasteiger partial charge is 0.495 e. The number of ether oxygens (including phenoxy) is 1. The number of hydrogen-bond donors (Lipinski definition) is 1. The minimum absolute atomic E-state index is 0.0638. The molecular formula is C19H22N4O3. The normalized spacial score (nSPS) is 13.7. The highest BCUT2D eigenvalue weighted by molar-refractivity contribution is 6.08. The van der Waals surface area contributed by atoms with Gasteiger partial charge in [0, 0.05) is 38.9 Å². The lowest BCUT2D eigenvalue weighted by Gasteiger charge is -2.20. The van der Waals surface area contributed by atoms with Crippen molar-refractivity contribution in [1.29, 1.82) is 0 Å². The predicted octanol–water partition coefficient (Wildman–Crippen LogP) is 2.54. The third-order valence-corrected chi connectivity index (χ3v) is 4.26. The van der Waals surface area contributed by atoms with Crippen molar-refractivity contribution in [1.82, 2.24) is 4.98 Å². The van der Waals surface area contributed by atoms with Gasteiger partial charge < -0.3 is 19.9 Å². The average molecular weight is 354 g/mol. The molecule has 0 aliphatic carbocycles. The second-order valence-electron chi connectivity index (χ2n) is 6.26. The molecule has 0 saturated carbocycles. The van der Waals surface area contributed by atoms with Crippen LogP contribution in [-0.2, 0) is 4.79 Å². The highest BCUT2D eigenvalue weighted by Gasteiger charge is 2.25. The Morgan fingerprint density at radius 2 is 2.12 bits per heavy atom. The van der Waals surface area contributed by atoms with E-state index in [1.165, 1.54) is 0 Å². The molecular weight excluding hydrogens is 332 g/mol. The van der Waals surface area contributed by atoms with Gasteiger partial charge in [0.1, 0.15) is 11.6 Å². The van der Waals surface area contributed by atoms with E-state index in [-0.39, 0.29) is 11.8 Å². The third kappa shape index (κ3) is 3.46. The number of nitrogens with zero attached hydrogens (tertiary/aromatic N) is 3. The van der Waals surface area contributed by atoms with Crippen LogP contribution >= 0.6 is 0 Å². The fraction of sp³-hybridized carbons (Fsp3) is 0.316. The van der Waals surface area contributed by atoms with Gasteiger partial charge in [-0.15, -0.1) is 0 Å². The fourth-order valence-electron chi connectivity index (χ4n) is 3.01. The first kappa shape index (κ1) is 17.7. The van der Waals surface area contributed by atoms with E-state index in [1.54, 1.807) is 53.4 Å². The van der Waals surface area contributed by atoms with Crippen molar-refractivity contribution in [3.63, 3.8) is 0 Å². The first-order valence-electron chi connectivity index (χ1n) is 8.43. The number of hydrogen-bond acceptors (Lipinski definition) is 5. The van der Waals surface area contributed by atoms with Crippen LogP contribution in [0.4, 0.5) is 17.2 Å². The van der Waals surface area contributed by atoms with Gasteiger partial charge in [0.2, 0.25) is 5.91 Å². The Labute approximate surface area is 152 Å². The van der Waals surface area contributed by atoms with Gasteiger partial charge in [-0.2, -0.15) is 0 Å². The molecule has 1 saturated heterocycles. The summed E-state index contributed by atoms with van der Waals surface area (Å²) in [6.45, 7) is 0.653. The zero-order valence-electron chi connectivity index (χ0n) is 15.2. The fourth-order valence-corrected chi connectivity index (χ4v) is 3.01. The predicted molar refractivity (Wildman–Crippen MR) is 101 cm³/mol. The van der Waals surface area contributed by atoms with E-state index in [2.05, 4.69) is 10.3 Å². The van der Waals surface area contributed by atoms with Crippen LogP contribution in [0.5, 0.6) is 5.75 Å². The maximum Gasteiger partial charge on any atom is 0.259 e. The van der Waals surface area contributed by atoms with E-state index in [0.29, 0.717) is 41.5 Å². The number of anilines is 3. The SMILES string of the molecule is COc1ccc(NC(=O)c2cccnc2N(C)C)cc1N1CCCC1=O. The average Bonchev–Trinajstić information content (AvgIpc) is 3.07. The Hall–Kier alpha value is -3.09. The van der Waals surface area contributed by atoms with Crippen molar-refractivity contribution < 1.29 is 14.3 Å². The molecule has 0 bridgehead atoms. The number of carbonyl (C=O) groups is 2. The van der Waals surface area contributed by atoms with Crippen LogP contribution in [0.15, 0.2) is 36.5 Å². The molecule has 2 heterocycles. The van der Waals surface area contributed by atoms with E-state index >= 15 is 0 Å². The number of amides is 2. The maximum absolute atomic E-state index is 12.7. The molecule has 136 valence electrons. The van der Waals surface area contributed by atoms with Crippen LogP contribution in [0.25, 0.3) is 0 Å². The van der Waals surface area contributed by atoms with Gasteiger partial charge in [-0.05, 0) is 36.8 Å². The van der Waals surface area contributed by atoms with Crippen molar-refractivity contribution in [2.24, 2.45) is 0 Å². The molecule has 0 atom stereocenters. The van der Waals surface area contributed by atoms with E-state index in [9.17, 15) is 9.59 Å². The summed E-state index contributed by atoms with van der Waals surface area (Å²) in [7, 11) is 5.24. The summed E-state index contributed by atoms with van der Waals surface area (Å²) in [5.41, 5.74) is 1.75. The zero-order valence-corrected chi connectivity index (χ0v) is 15.2. The van der Waals surface area contributed by atoms with Crippen molar-refractivity contribution >= 4 is 29.0 Å². The Morgan fingerprint density at radius 1 is 1.31 bits per heavy atom. The Balaban J connectivity index is 1.89. The molecule has 0 spiro atoms. The molecule has 26 heavy (non-hydrogen) atoms. The molecule has 2 amide bonds. The molecule has 0 radical (unpaired) electrons. The van der Waals surface area contributed by atoms with Gasteiger partial charge in [0.15, 0.2) is 0 Å². The lowest BCUT2D eigenvalue weighted by molar-refractivity contribution is -0.117. The molecule has 7 nitrogen and oxygen atoms in total. The number of benzene rings is 1. The summed E-state index contributed by atoms with van der Waals surface area (Å²) in [6, 6.07) is 8.74. The summed E-state index contributed by atoms with van der Waals surface area (Å²) < 4.78 is 5.38. The molecule has 1 aromatic carbocycles. The van der Waals surface area contributed by atoms with E-state index in [1.807, 2.05) is 14.1 Å². The highest BCUT2D eigenvalue weighted by atomic mass is 16.5. The van der Waals surface area contributed by atoms with E-state index in [4.69, 9.17) is 4.74 Å². The molecule has 7 heteroatoms. The van der Waals surface area contributed by atoms with Gasteiger partial charge in [-0.3, -0.25) is 9.59 Å². The standard InChI is InChI=1S/C19H22N4O3/c1-22(2)18-14(6-4-10-20-18)19(25)21-13-8-9-16(26-3)15(12-13)23-11-5-7-17(23)24/h4,6,8-10,12H,5,7,11H2,1-3H3,(H,21,25). The molecule has 1 aliphatic rings.